The third kappa shape index (κ3) is 5.30. The van der Waals surface area contributed by atoms with Crippen LogP contribution >= 0.6 is 23.2 Å². The highest BCUT2D eigenvalue weighted by molar-refractivity contribution is 7.92. The molecule has 1 aromatic heterocycles. The number of rotatable bonds is 9. The van der Waals surface area contributed by atoms with Crippen molar-refractivity contribution in [3.8, 4) is 5.75 Å². The molecule has 0 amide bonds. The van der Waals surface area contributed by atoms with Gasteiger partial charge in [-0.2, -0.15) is 0 Å². The number of benzene rings is 2. The highest BCUT2D eigenvalue weighted by Crippen LogP contribution is 2.32. The van der Waals surface area contributed by atoms with Crippen LogP contribution < -0.4 is 9.04 Å². The van der Waals surface area contributed by atoms with Crippen LogP contribution in [0.1, 0.15) is 28.5 Å². The van der Waals surface area contributed by atoms with Crippen molar-refractivity contribution in [1.82, 2.24) is 4.98 Å². The van der Waals surface area contributed by atoms with Gasteiger partial charge in [-0.1, -0.05) is 35.3 Å². The summed E-state index contributed by atoms with van der Waals surface area (Å²) < 4.78 is 38.8. The van der Waals surface area contributed by atoms with Gasteiger partial charge in [0.1, 0.15) is 18.2 Å². The largest absolute Gasteiger partial charge is 0.493 e. The number of ether oxygens (including phenoxy) is 2. The Balaban J connectivity index is 2.19. The smallest absolute Gasteiger partial charge is 0.266 e. The van der Waals surface area contributed by atoms with E-state index in [1.165, 1.54) is 37.6 Å². The van der Waals surface area contributed by atoms with Crippen LogP contribution in [0.4, 0.5) is 5.69 Å². The highest BCUT2D eigenvalue weighted by atomic mass is 35.5. The van der Waals surface area contributed by atoms with E-state index in [2.05, 4.69) is 4.98 Å². The fourth-order valence-electron chi connectivity index (χ4n) is 3.15. The van der Waals surface area contributed by atoms with Crippen molar-refractivity contribution in [1.29, 1.82) is 0 Å². The minimum atomic E-state index is -4.16. The molecule has 7 nitrogen and oxygen atoms in total. The van der Waals surface area contributed by atoms with Crippen molar-refractivity contribution in [3.63, 3.8) is 0 Å². The molecule has 0 aliphatic rings. The molecule has 0 saturated heterocycles. The lowest BCUT2D eigenvalue weighted by atomic mass is 10.1. The summed E-state index contributed by atoms with van der Waals surface area (Å²) in [6.07, 6.45) is 1.28. The van der Waals surface area contributed by atoms with Crippen molar-refractivity contribution in [2.45, 2.75) is 18.7 Å². The Morgan fingerprint density at radius 2 is 1.85 bits per heavy atom. The molecule has 0 saturated carbocycles. The molecule has 0 aliphatic heterocycles. The fraction of sp³-hybridized carbons (Fsp3) is 0.217. The highest BCUT2D eigenvalue weighted by Gasteiger charge is 2.31. The molecule has 3 aromatic rings. The number of sulfonamides is 1. The summed E-state index contributed by atoms with van der Waals surface area (Å²) in [5.41, 5.74) is 0.694. The number of para-hydroxylation sites is 1. The molecular weight excluding hydrogens is 487 g/mol. The van der Waals surface area contributed by atoms with Gasteiger partial charge >= 0.3 is 0 Å². The van der Waals surface area contributed by atoms with Crippen molar-refractivity contribution in [2.24, 2.45) is 0 Å². The molecular formula is C23H22Cl2N2O5S. The van der Waals surface area contributed by atoms with E-state index in [1.54, 1.807) is 38.1 Å². The van der Waals surface area contributed by atoms with Gasteiger partial charge in [0.25, 0.3) is 10.0 Å². The van der Waals surface area contributed by atoms with Crippen LogP contribution in [-0.4, -0.2) is 39.6 Å². The van der Waals surface area contributed by atoms with Gasteiger partial charge in [0, 0.05) is 18.3 Å². The topological polar surface area (TPSA) is 85.8 Å². The molecule has 0 spiro atoms. The Hall–Kier alpha value is -2.65. The zero-order valence-electron chi connectivity index (χ0n) is 18.2. The number of carbonyl (C=O) groups excluding carboxylic acids is 1. The fourth-order valence-corrected chi connectivity index (χ4v) is 4.88. The number of hydrogen-bond acceptors (Lipinski definition) is 6. The number of anilines is 1. The van der Waals surface area contributed by atoms with Crippen LogP contribution in [0.15, 0.2) is 59.6 Å². The summed E-state index contributed by atoms with van der Waals surface area (Å²) in [7, 11) is -2.82. The number of aromatic nitrogens is 1. The molecule has 33 heavy (non-hydrogen) atoms. The summed E-state index contributed by atoms with van der Waals surface area (Å²) >= 11 is 12.2. The maximum Gasteiger partial charge on any atom is 0.266 e. The van der Waals surface area contributed by atoms with Gasteiger partial charge in [-0.15, -0.1) is 0 Å². The first-order valence-corrected chi connectivity index (χ1v) is 12.1. The average Bonchev–Trinajstić information content (AvgIpc) is 2.79. The van der Waals surface area contributed by atoms with Crippen molar-refractivity contribution < 1.29 is 22.7 Å². The molecule has 0 atom stereocenters. The van der Waals surface area contributed by atoms with Crippen LogP contribution in [0, 0.1) is 6.92 Å². The standard InChI is InChI=1S/C23H22Cl2N2O5S/c1-4-32-21-8-6-5-7-18(21)23(28)22-20(12-16(24)13-26-22)27(14-31-3)33(29,30)17-9-10-19(25)15(2)11-17/h5-13H,4,14H2,1-3H3. The van der Waals surface area contributed by atoms with E-state index in [4.69, 9.17) is 32.7 Å². The molecule has 1 heterocycles. The zero-order chi connectivity index (χ0) is 24.2. The molecule has 10 heteroatoms. The number of ketones is 1. The quantitative estimate of drug-likeness (QED) is 0.294. The minimum Gasteiger partial charge on any atom is -0.493 e. The van der Waals surface area contributed by atoms with E-state index in [0.717, 1.165) is 4.31 Å². The predicted molar refractivity (Wildman–Crippen MR) is 128 cm³/mol. The Bertz CT molecular complexity index is 1280. The summed E-state index contributed by atoms with van der Waals surface area (Å²) in [4.78, 5) is 17.6. The SMILES string of the molecule is CCOc1ccccc1C(=O)c1ncc(Cl)cc1N(COC)S(=O)(=O)c1ccc(Cl)c(C)c1. The Morgan fingerprint density at radius 1 is 1.12 bits per heavy atom. The number of methoxy groups -OCH3 is 1. The van der Waals surface area contributed by atoms with Gasteiger partial charge < -0.3 is 9.47 Å². The average molecular weight is 509 g/mol. The summed E-state index contributed by atoms with van der Waals surface area (Å²) in [5.74, 6) is -0.156. The van der Waals surface area contributed by atoms with Crippen LogP contribution in [0.2, 0.25) is 10.0 Å². The van der Waals surface area contributed by atoms with Gasteiger partial charge in [0.05, 0.1) is 27.8 Å². The lowest BCUT2D eigenvalue weighted by molar-refractivity contribution is 0.103. The molecule has 2 aromatic carbocycles. The van der Waals surface area contributed by atoms with Crippen LogP contribution in [0.25, 0.3) is 0 Å². The molecule has 0 fully saturated rings. The Morgan fingerprint density at radius 3 is 2.52 bits per heavy atom. The van der Waals surface area contributed by atoms with Crippen molar-refractivity contribution in [2.75, 3.05) is 24.8 Å². The molecule has 0 radical (unpaired) electrons. The molecule has 3 rings (SSSR count). The van der Waals surface area contributed by atoms with E-state index in [9.17, 15) is 13.2 Å². The summed E-state index contributed by atoms with van der Waals surface area (Å²) in [6, 6.07) is 12.4. The number of nitrogens with zero attached hydrogens (tertiary/aromatic N) is 2. The van der Waals surface area contributed by atoms with E-state index in [0.29, 0.717) is 22.9 Å². The first-order chi connectivity index (χ1) is 15.7. The third-order valence-electron chi connectivity index (χ3n) is 4.71. The monoisotopic (exact) mass is 508 g/mol. The Labute approximate surface area is 202 Å². The normalized spacial score (nSPS) is 11.3. The minimum absolute atomic E-state index is 0.0189. The van der Waals surface area contributed by atoms with Crippen molar-refractivity contribution in [3.05, 3.63) is 81.6 Å². The maximum atomic E-state index is 13.6. The lowest BCUT2D eigenvalue weighted by Gasteiger charge is -2.25. The van der Waals surface area contributed by atoms with Gasteiger partial charge in [0.15, 0.2) is 0 Å². The molecule has 174 valence electrons. The van der Waals surface area contributed by atoms with Gasteiger partial charge in [-0.25, -0.2) is 17.7 Å². The lowest BCUT2D eigenvalue weighted by Crippen LogP contribution is -2.34. The second-order valence-corrected chi connectivity index (χ2v) is 9.67. The zero-order valence-corrected chi connectivity index (χ0v) is 20.5. The van der Waals surface area contributed by atoms with Crippen LogP contribution in [-0.2, 0) is 14.8 Å². The first-order valence-electron chi connectivity index (χ1n) is 9.90. The number of carbonyl (C=O) groups is 1. The van der Waals surface area contributed by atoms with E-state index < -0.39 is 15.8 Å². The molecule has 0 unspecified atom stereocenters. The number of pyridine rings is 1. The summed E-state index contributed by atoms with van der Waals surface area (Å²) in [5, 5.41) is 0.586. The van der Waals surface area contributed by atoms with Crippen LogP contribution in [0.5, 0.6) is 5.75 Å². The van der Waals surface area contributed by atoms with Crippen LogP contribution in [0.3, 0.4) is 0 Å². The number of hydrogen-bond donors (Lipinski definition) is 0. The Kier molecular flexibility index (Phi) is 7.97. The first kappa shape index (κ1) is 25.0. The predicted octanol–water partition coefficient (Wildman–Crippen LogP) is 5.13. The maximum absolute atomic E-state index is 13.6. The van der Waals surface area contributed by atoms with Gasteiger partial charge in [-0.05, 0) is 55.8 Å². The molecule has 0 N–H and O–H groups in total. The number of halogens is 2. The summed E-state index contributed by atoms with van der Waals surface area (Å²) in [6.45, 7) is 3.47. The third-order valence-corrected chi connectivity index (χ3v) is 7.08. The second kappa shape index (κ2) is 10.5. The van der Waals surface area contributed by atoms with Gasteiger partial charge in [0.2, 0.25) is 5.78 Å². The van der Waals surface area contributed by atoms with Crippen molar-refractivity contribution >= 4 is 44.7 Å². The molecule has 0 aliphatic carbocycles. The molecule has 0 bridgehead atoms. The van der Waals surface area contributed by atoms with E-state index in [-0.39, 0.29) is 33.6 Å². The second-order valence-electron chi connectivity index (χ2n) is 6.96. The van der Waals surface area contributed by atoms with E-state index >= 15 is 0 Å². The van der Waals surface area contributed by atoms with Gasteiger partial charge in [-0.3, -0.25) is 4.79 Å². The number of aryl methyl sites for hydroxylation is 1. The van der Waals surface area contributed by atoms with E-state index in [1.807, 2.05) is 0 Å².